The number of carbonyl (C=O) groups excluding carboxylic acids is 1. The van der Waals surface area contributed by atoms with Crippen LogP contribution in [0.2, 0.25) is 0 Å². The molecule has 1 aromatic carbocycles. The van der Waals surface area contributed by atoms with Crippen LogP contribution in [0.4, 0.5) is 5.69 Å². The summed E-state index contributed by atoms with van der Waals surface area (Å²) in [4.78, 5) is 14.4. The molecule has 0 spiro atoms. The van der Waals surface area contributed by atoms with Crippen molar-refractivity contribution >= 4 is 11.6 Å². The number of carbonyl (C=O) groups is 1. The van der Waals surface area contributed by atoms with Crippen molar-refractivity contribution in [2.24, 2.45) is 0 Å². The lowest BCUT2D eigenvalue weighted by molar-refractivity contribution is -0.117. The van der Waals surface area contributed by atoms with Crippen molar-refractivity contribution < 1.29 is 9.53 Å². The van der Waals surface area contributed by atoms with Gasteiger partial charge in [0, 0.05) is 38.1 Å². The molecule has 0 atom stereocenters. The van der Waals surface area contributed by atoms with Crippen LogP contribution in [0.25, 0.3) is 0 Å². The number of benzene rings is 1. The molecule has 2 rings (SSSR count). The first-order chi connectivity index (χ1) is 11.6. The summed E-state index contributed by atoms with van der Waals surface area (Å²) < 4.78 is 5.29. The van der Waals surface area contributed by atoms with Crippen LogP contribution in [0.15, 0.2) is 30.0 Å². The van der Waals surface area contributed by atoms with E-state index in [9.17, 15) is 10.1 Å². The third-order valence-corrected chi connectivity index (χ3v) is 4.02. The molecule has 1 aliphatic heterocycles. The number of nitrogens with one attached hydrogen (secondary N) is 2. The molecule has 128 valence electrons. The molecule has 6 nitrogen and oxygen atoms in total. The monoisotopic (exact) mass is 328 g/mol. The Hall–Kier alpha value is -2.36. The molecule has 1 heterocycles. The number of aryl methyl sites for hydroxylation is 2. The second-order valence-corrected chi connectivity index (χ2v) is 5.79. The predicted octanol–water partition coefficient (Wildman–Crippen LogP) is 1.57. The van der Waals surface area contributed by atoms with Gasteiger partial charge in [0.2, 0.25) is 0 Å². The van der Waals surface area contributed by atoms with Crippen LogP contribution in [0.5, 0.6) is 0 Å². The molecule has 1 fully saturated rings. The zero-order valence-electron chi connectivity index (χ0n) is 14.3. The summed E-state index contributed by atoms with van der Waals surface area (Å²) in [6.07, 6.45) is 1.47. The van der Waals surface area contributed by atoms with Gasteiger partial charge in [-0.3, -0.25) is 9.69 Å². The average molecular weight is 328 g/mol. The maximum Gasteiger partial charge on any atom is 0.263 e. The molecule has 0 unspecified atom stereocenters. The maximum absolute atomic E-state index is 12.1. The fraction of sp³-hybridized carbons (Fsp3) is 0.444. The molecule has 0 bridgehead atoms. The van der Waals surface area contributed by atoms with Gasteiger partial charge in [0.15, 0.2) is 0 Å². The summed E-state index contributed by atoms with van der Waals surface area (Å²) in [5, 5.41) is 15.1. The Labute approximate surface area is 143 Å². The number of nitrogens with zero attached hydrogens (tertiary/aromatic N) is 2. The number of ether oxygens (including phenoxy) is 1. The van der Waals surface area contributed by atoms with Crippen LogP contribution < -0.4 is 10.6 Å². The Bertz CT molecular complexity index is 623. The SMILES string of the molecule is Cc1cccc(C)c1N/C=C(/C#N)C(=O)NCCN1CCOCC1. The number of morpholine rings is 1. The van der Waals surface area contributed by atoms with E-state index in [0.29, 0.717) is 6.54 Å². The average Bonchev–Trinajstić information content (AvgIpc) is 2.58. The van der Waals surface area contributed by atoms with Gasteiger partial charge in [-0.2, -0.15) is 5.26 Å². The zero-order valence-corrected chi connectivity index (χ0v) is 14.3. The first-order valence-corrected chi connectivity index (χ1v) is 8.13. The molecular weight excluding hydrogens is 304 g/mol. The number of hydrogen-bond donors (Lipinski definition) is 2. The number of amides is 1. The lowest BCUT2D eigenvalue weighted by atomic mass is 10.1. The van der Waals surface area contributed by atoms with Gasteiger partial charge in [-0.25, -0.2) is 0 Å². The minimum absolute atomic E-state index is 0.0691. The fourth-order valence-corrected chi connectivity index (χ4v) is 2.58. The Morgan fingerprint density at radius 2 is 2.00 bits per heavy atom. The first-order valence-electron chi connectivity index (χ1n) is 8.13. The van der Waals surface area contributed by atoms with Gasteiger partial charge in [-0.15, -0.1) is 0 Å². The number of rotatable bonds is 6. The number of nitriles is 1. The number of para-hydroxylation sites is 1. The zero-order chi connectivity index (χ0) is 17.4. The van der Waals surface area contributed by atoms with E-state index in [2.05, 4.69) is 15.5 Å². The van der Waals surface area contributed by atoms with Crippen molar-refractivity contribution in [1.29, 1.82) is 5.26 Å². The number of anilines is 1. The van der Waals surface area contributed by atoms with Crippen LogP contribution in [0.3, 0.4) is 0 Å². The quantitative estimate of drug-likeness (QED) is 0.612. The standard InChI is InChI=1S/C18H24N4O2/c1-14-4-3-5-15(2)17(14)21-13-16(12-19)18(23)20-6-7-22-8-10-24-11-9-22/h3-5,13,21H,6-11H2,1-2H3,(H,20,23)/b16-13-. The van der Waals surface area contributed by atoms with Crippen molar-refractivity contribution in [3.8, 4) is 6.07 Å². The van der Waals surface area contributed by atoms with E-state index in [1.807, 2.05) is 38.1 Å². The van der Waals surface area contributed by atoms with Gasteiger partial charge in [-0.05, 0) is 25.0 Å². The summed E-state index contributed by atoms with van der Waals surface area (Å²) >= 11 is 0. The third kappa shape index (κ3) is 5.08. The molecule has 0 radical (unpaired) electrons. The molecular formula is C18H24N4O2. The van der Waals surface area contributed by atoms with Gasteiger partial charge in [0.25, 0.3) is 5.91 Å². The molecule has 0 saturated carbocycles. The van der Waals surface area contributed by atoms with Crippen LogP contribution in [0, 0.1) is 25.2 Å². The minimum Gasteiger partial charge on any atom is -0.379 e. The smallest absolute Gasteiger partial charge is 0.263 e. The second-order valence-electron chi connectivity index (χ2n) is 5.79. The fourth-order valence-electron chi connectivity index (χ4n) is 2.58. The predicted molar refractivity (Wildman–Crippen MR) is 93.5 cm³/mol. The molecule has 1 aromatic rings. The summed E-state index contributed by atoms with van der Waals surface area (Å²) in [6.45, 7) is 8.47. The van der Waals surface area contributed by atoms with Gasteiger partial charge < -0.3 is 15.4 Å². The summed E-state index contributed by atoms with van der Waals surface area (Å²) in [5.41, 5.74) is 3.12. The van der Waals surface area contributed by atoms with Crippen LogP contribution >= 0.6 is 0 Å². The first kappa shape index (κ1) is 18.0. The molecule has 2 N–H and O–H groups in total. The highest BCUT2D eigenvalue weighted by molar-refractivity contribution is 5.97. The third-order valence-electron chi connectivity index (χ3n) is 4.02. The van der Waals surface area contributed by atoms with E-state index < -0.39 is 0 Å². The topological polar surface area (TPSA) is 77.4 Å². The highest BCUT2D eigenvalue weighted by Gasteiger charge is 2.12. The van der Waals surface area contributed by atoms with E-state index in [0.717, 1.165) is 49.7 Å². The summed E-state index contributed by atoms with van der Waals surface area (Å²) in [7, 11) is 0. The molecule has 1 amide bonds. The van der Waals surface area contributed by atoms with Crippen molar-refractivity contribution in [1.82, 2.24) is 10.2 Å². The van der Waals surface area contributed by atoms with Crippen LogP contribution in [-0.4, -0.2) is 50.2 Å². The van der Waals surface area contributed by atoms with E-state index in [1.165, 1.54) is 6.20 Å². The molecule has 0 aliphatic carbocycles. The minimum atomic E-state index is -0.357. The van der Waals surface area contributed by atoms with E-state index >= 15 is 0 Å². The largest absolute Gasteiger partial charge is 0.379 e. The normalized spacial score (nSPS) is 15.6. The Kier molecular flexibility index (Phi) is 6.79. The molecule has 0 aromatic heterocycles. The van der Waals surface area contributed by atoms with E-state index in [-0.39, 0.29) is 11.5 Å². The van der Waals surface area contributed by atoms with Crippen molar-refractivity contribution in [2.45, 2.75) is 13.8 Å². The summed E-state index contributed by atoms with van der Waals surface area (Å²) in [5.74, 6) is -0.357. The maximum atomic E-state index is 12.1. The van der Waals surface area contributed by atoms with Gasteiger partial charge >= 0.3 is 0 Å². The second kappa shape index (κ2) is 9.06. The van der Waals surface area contributed by atoms with Crippen molar-refractivity contribution in [2.75, 3.05) is 44.7 Å². The number of hydrogen-bond acceptors (Lipinski definition) is 5. The molecule has 1 saturated heterocycles. The van der Waals surface area contributed by atoms with Crippen LogP contribution in [-0.2, 0) is 9.53 Å². The lowest BCUT2D eigenvalue weighted by Gasteiger charge is -2.26. The highest BCUT2D eigenvalue weighted by atomic mass is 16.5. The van der Waals surface area contributed by atoms with Gasteiger partial charge in [-0.1, -0.05) is 18.2 Å². The Morgan fingerprint density at radius 1 is 1.33 bits per heavy atom. The van der Waals surface area contributed by atoms with Crippen LogP contribution in [0.1, 0.15) is 11.1 Å². The van der Waals surface area contributed by atoms with E-state index in [1.54, 1.807) is 0 Å². The van der Waals surface area contributed by atoms with Crippen molar-refractivity contribution in [3.63, 3.8) is 0 Å². The molecule has 6 heteroatoms. The summed E-state index contributed by atoms with van der Waals surface area (Å²) in [6, 6.07) is 7.90. The molecule has 1 aliphatic rings. The Balaban J connectivity index is 1.87. The lowest BCUT2D eigenvalue weighted by Crippen LogP contribution is -2.41. The van der Waals surface area contributed by atoms with E-state index in [4.69, 9.17) is 4.74 Å². The molecule has 24 heavy (non-hydrogen) atoms. The Morgan fingerprint density at radius 3 is 2.62 bits per heavy atom. The van der Waals surface area contributed by atoms with Gasteiger partial charge in [0.05, 0.1) is 13.2 Å². The van der Waals surface area contributed by atoms with Gasteiger partial charge in [0.1, 0.15) is 11.6 Å². The highest BCUT2D eigenvalue weighted by Crippen LogP contribution is 2.19. The van der Waals surface area contributed by atoms with Crippen molar-refractivity contribution in [3.05, 3.63) is 41.1 Å².